The smallest absolute Gasteiger partial charge is 0.274 e. The summed E-state index contributed by atoms with van der Waals surface area (Å²) in [6.45, 7) is 0. The van der Waals surface area contributed by atoms with Gasteiger partial charge in [0, 0.05) is 13.0 Å². The molecule has 2 aliphatic carbocycles. The number of methoxy groups -OCH3 is 1. The normalized spacial score (nSPS) is 27.9. The number of allylic oxidation sites excluding steroid dienone is 3. The van der Waals surface area contributed by atoms with Crippen molar-refractivity contribution < 1.29 is 9.53 Å². The Bertz CT molecular complexity index is 1020. The first-order valence-corrected chi connectivity index (χ1v) is 10.6. The fourth-order valence-electron chi connectivity index (χ4n) is 4.07. The molecule has 3 aliphatic rings. The van der Waals surface area contributed by atoms with Crippen molar-refractivity contribution in [3.05, 3.63) is 47.1 Å². The van der Waals surface area contributed by atoms with E-state index in [0.717, 1.165) is 40.6 Å². The summed E-state index contributed by atoms with van der Waals surface area (Å²) < 4.78 is 6.71. The van der Waals surface area contributed by atoms with E-state index in [-0.39, 0.29) is 24.0 Å². The molecule has 0 radical (unpaired) electrons. The van der Waals surface area contributed by atoms with E-state index < -0.39 is 0 Å². The van der Waals surface area contributed by atoms with Crippen LogP contribution in [0.3, 0.4) is 0 Å². The van der Waals surface area contributed by atoms with Gasteiger partial charge in [-0.2, -0.15) is 0 Å². The Kier molecular flexibility index (Phi) is 4.49. The molecule has 1 unspecified atom stereocenters. The number of hydrogen-bond acceptors (Lipinski definition) is 5. The molecule has 1 saturated carbocycles. The van der Waals surface area contributed by atoms with Gasteiger partial charge in [0.2, 0.25) is 5.96 Å². The van der Waals surface area contributed by atoms with Gasteiger partial charge >= 0.3 is 0 Å². The topological polar surface area (TPSA) is 75.6 Å². The summed E-state index contributed by atoms with van der Waals surface area (Å²) >= 11 is 1.61. The molecule has 7 heteroatoms. The van der Waals surface area contributed by atoms with E-state index in [1.807, 2.05) is 17.6 Å². The number of benzene rings is 1. The van der Waals surface area contributed by atoms with E-state index >= 15 is 0 Å². The number of hydrogen-bond donors (Lipinski definition) is 2. The average molecular weight is 395 g/mol. The van der Waals surface area contributed by atoms with Gasteiger partial charge in [-0.25, -0.2) is 9.98 Å². The summed E-state index contributed by atoms with van der Waals surface area (Å²) in [5.74, 6) is 0.585. The molecule has 144 valence electrons. The first-order valence-electron chi connectivity index (χ1n) is 9.68. The van der Waals surface area contributed by atoms with Crippen LogP contribution in [0, 0.1) is 5.92 Å². The maximum atomic E-state index is 12.8. The predicted octanol–water partition coefficient (Wildman–Crippen LogP) is 3.23. The molecule has 2 N–H and O–H groups in total. The molecule has 1 amide bonds. The lowest BCUT2D eigenvalue weighted by atomic mass is 9.93. The van der Waals surface area contributed by atoms with Crippen molar-refractivity contribution in [3.63, 3.8) is 0 Å². The van der Waals surface area contributed by atoms with Crippen molar-refractivity contribution in [1.82, 2.24) is 15.6 Å². The molecule has 1 aromatic carbocycles. The van der Waals surface area contributed by atoms with Gasteiger partial charge in [0.05, 0.1) is 27.9 Å². The van der Waals surface area contributed by atoms with Crippen molar-refractivity contribution >= 4 is 39.0 Å². The summed E-state index contributed by atoms with van der Waals surface area (Å²) in [5.41, 5.74) is 5.44. The molecule has 2 aromatic rings. The van der Waals surface area contributed by atoms with Crippen LogP contribution in [0.15, 0.2) is 46.6 Å². The molecule has 28 heavy (non-hydrogen) atoms. The zero-order chi connectivity index (χ0) is 19.1. The first-order chi connectivity index (χ1) is 13.7. The molecular formula is C21H22N4O2S. The second kappa shape index (κ2) is 7.14. The highest BCUT2D eigenvalue weighted by atomic mass is 32.1. The lowest BCUT2D eigenvalue weighted by Crippen LogP contribution is -2.35. The quantitative estimate of drug-likeness (QED) is 0.617. The molecule has 1 aliphatic heterocycles. The third kappa shape index (κ3) is 3.25. The van der Waals surface area contributed by atoms with E-state index in [2.05, 4.69) is 33.8 Å². The fourth-order valence-corrected chi connectivity index (χ4v) is 4.79. The van der Waals surface area contributed by atoms with E-state index in [1.54, 1.807) is 18.4 Å². The molecular weight excluding hydrogens is 372 g/mol. The van der Waals surface area contributed by atoms with Crippen LogP contribution in [0.4, 0.5) is 0 Å². The van der Waals surface area contributed by atoms with Gasteiger partial charge in [-0.05, 0) is 36.1 Å². The number of amides is 1. The van der Waals surface area contributed by atoms with Crippen LogP contribution in [0.1, 0.15) is 31.2 Å². The molecule has 6 nitrogen and oxygen atoms in total. The van der Waals surface area contributed by atoms with Crippen LogP contribution in [0.5, 0.6) is 0 Å². The van der Waals surface area contributed by atoms with E-state index in [1.165, 1.54) is 6.42 Å². The number of carbonyl (C=O) groups is 1. The van der Waals surface area contributed by atoms with Crippen LogP contribution >= 0.6 is 11.3 Å². The predicted molar refractivity (Wildman–Crippen MR) is 111 cm³/mol. The maximum absolute atomic E-state index is 12.8. The summed E-state index contributed by atoms with van der Waals surface area (Å²) in [6.07, 6.45) is 8.63. The minimum absolute atomic E-state index is 0.0805. The number of ether oxygens (including phenoxy) is 1. The average Bonchev–Trinajstić information content (AvgIpc) is 3.32. The lowest BCUT2D eigenvalue weighted by Gasteiger charge is -2.27. The Morgan fingerprint density at radius 1 is 1.25 bits per heavy atom. The highest BCUT2D eigenvalue weighted by molar-refractivity contribution is 7.16. The fraction of sp³-hybridized carbons (Fsp3) is 0.381. The van der Waals surface area contributed by atoms with Crippen LogP contribution in [0.2, 0.25) is 0 Å². The van der Waals surface area contributed by atoms with E-state index in [0.29, 0.717) is 11.7 Å². The number of carbonyl (C=O) groups excluding carboxylic acids is 1. The number of aromatic nitrogens is 1. The van der Waals surface area contributed by atoms with Gasteiger partial charge in [-0.15, -0.1) is 11.3 Å². The van der Waals surface area contributed by atoms with Gasteiger partial charge in [-0.3, -0.25) is 10.1 Å². The van der Waals surface area contributed by atoms with Crippen LogP contribution in [0.25, 0.3) is 15.8 Å². The Labute approximate surface area is 167 Å². The van der Waals surface area contributed by atoms with Gasteiger partial charge in [-0.1, -0.05) is 31.1 Å². The SMILES string of the molecule is COC1CCCC[C@H]1N=C1NC(=O)/C(=C(/c2ccc3ncsc3c2)C2C=C2)N1. The number of guanidine groups is 1. The summed E-state index contributed by atoms with van der Waals surface area (Å²) in [4.78, 5) is 21.9. The largest absolute Gasteiger partial charge is 0.379 e. The summed E-state index contributed by atoms with van der Waals surface area (Å²) in [5, 5.41) is 6.17. The minimum atomic E-state index is -0.128. The van der Waals surface area contributed by atoms with E-state index in [9.17, 15) is 4.79 Å². The first kappa shape index (κ1) is 17.6. The van der Waals surface area contributed by atoms with Crippen molar-refractivity contribution in [2.45, 2.75) is 37.8 Å². The molecule has 2 heterocycles. The Morgan fingerprint density at radius 3 is 2.93 bits per heavy atom. The molecule has 2 fully saturated rings. The molecule has 2 atom stereocenters. The molecule has 0 bridgehead atoms. The van der Waals surface area contributed by atoms with E-state index in [4.69, 9.17) is 9.73 Å². The van der Waals surface area contributed by atoms with Crippen LogP contribution in [-0.4, -0.2) is 36.1 Å². The van der Waals surface area contributed by atoms with Crippen molar-refractivity contribution in [2.75, 3.05) is 7.11 Å². The molecule has 1 aromatic heterocycles. The van der Waals surface area contributed by atoms with Gasteiger partial charge in [0.25, 0.3) is 5.91 Å². The zero-order valence-corrected chi connectivity index (χ0v) is 16.5. The number of rotatable bonds is 4. The van der Waals surface area contributed by atoms with Crippen LogP contribution in [-0.2, 0) is 9.53 Å². The summed E-state index contributed by atoms with van der Waals surface area (Å²) in [7, 11) is 1.74. The minimum Gasteiger partial charge on any atom is -0.379 e. The number of aliphatic imine (C=N–C) groups is 1. The zero-order valence-electron chi connectivity index (χ0n) is 15.6. The Morgan fingerprint density at radius 2 is 2.11 bits per heavy atom. The maximum Gasteiger partial charge on any atom is 0.274 e. The van der Waals surface area contributed by atoms with Crippen molar-refractivity contribution in [3.8, 4) is 0 Å². The summed E-state index contributed by atoms with van der Waals surface area (Å²) in [6, 6.07) is 6.24. The molecule has 1 saturated heterocycles. The van der Waals surface area contributed by atoms with Gasteiger partial charge in [0.15, 0.2) is 0 Å². The van der Waals surface area contributed by atoms with Crippen molar-refractivity contribution in [2.24, 2.45) is 10.9 Å². The third-order valence-electron chi connectivity index (χ3n) is 5.60. The highest BCUT2D eigenvalue weighted by Gasteiger charge is 2.33. The molecule has 0 spiro atoms. The number of nitrogens with one attached hydrogen (secondary N) is 2. The third-order valence-corrected chi connectivity index (χ3v) is 6.39. The number of nitrogens with zero attached hydrogens (tertiary/aromatic N) is 2. The van der Waals surface area contributed by atoms with Gasteiger partial charge < -0.3 is 10.1 Å². The second-order valence-corrected chi connectivity index (χ2v) is 8.30. The second-order valence-electron chi connectivity index (χ2n) is 7.42. The van der Waals surface area contributed by atoms with Crippen LogP contribution < -0.4 is 10.6 Å². The number of fused-ring (bicyclic) bond motifs is 1. The highest BCUT2D eigenvalue weighted by Crippen LogP contribution is 2.37. The monoisotopic (exact) mass is 394 g/mol. The Balaban J connectivity index is 1.48. The number of thiazole rings is 1. The Hall–Kier alpha value is -2.51. The van der Waals surface area contributed by atoms with Crippen molar-refractivity contribution in [1.29, 1.82) is 0 Å². The molecule has 5 rings (SSSR count). The lowest BCUT2D eigenvalue weighted by molar-refractivity contribution is -0.115. The van der Waals surface area contributed by atoms with Gasteiger partial charge in [0.1, 0.15) is 5.70 Å². The standard InChI is InChI=1S/C21H22N4O2S/c1-27-16-5-3-2-4-14(16)23-21-24-19(20(26)25-21)18(12-6-7-12)13-8-9-15-17(10-13)28-11-22-15/h6-12,14,16H,2-5H2,1H3,(H2,23,24,25,26)/b19-18-/t14-,16?/m1/s1.